The lowest BCUT2D eigenvalue weighted by molar-refractivity contribution is 0.581. The first-order valence-electron chi connectivity index (χ1n) is 8.79. The Morgan fingerprint density at radius 2 is 2.00 bits per heavy atom. The predicted octanol–water partition coefficient (Wildman–Crippen LogP) is 3.51. The Bertz CT molecular complexity index is 1070. The van der Waals surface area contributed by atoms with Crippen LogP contribution in [0.2, 0.25) is 0 Å². The molecule has 5 heteroatoms. The molecular weight excluding hydrogens is 324 g/mol. The zero-order chi connectivity index (χ0) is 17.9. The highest BCUT2D eigenvalue weighted by Crippen LogP contribution is 2.24. The molecule has 4 rings (SSSR count). The maximum atomic E-state index is 12.1. The normalized spacial score (nSPS) is 12.3. The topological polar surface area (TPSA) is 63.6 Å². The number of aromatic nitrogens is 4. The van der Waals surface area contributed by atoms with Crippen molar-refractivity contribution in [2.45, 2.75) is 25.8 Å². The van der Waals surface area contributed by atoms with Gasteiger partial charge in [-0.3, -0.25) is 4.79 Å². The Morgan fingerprint density at radius 1 is 1.15 bits per heavy atom. The van der Waals surface area contributed by atoms with Crippen molar-refractivity contribution in [3.8, 4) is 0 Å². The molecule has 5 nitrogen and oxygen atoms in total. The van der Waals surface area contributed by atoms with Crippen LogP contribution in [0.5, 0.6) is 0 Å². The molecule has 0 aliphatic carbocycles. The molecular formula is C21H20N4O. The fraction of sp³-hybridized carbons (Fsp3) is 0.190. The summed E-state index contributed by atoms with van der Waals surface area (Å²) in [5, 5.41) is 0. The van der Waals surface area contributed by atoms with Gasteiger partial charge in [-0.1, -0.05) is 43.3 Å². The van der Waals surface area contributed by atoms with Crippen LogP contribution in [0.3, 0.4) is 0 Å². The Balaban J connectivity index is 1.73. The molecule has 0 bridgehead atoms. The standard InChI is InChI=1S/C21H20N4O/c1-2-17-21(26)24-19-12-15(8-9-18(19)23-17)13-20(25-11-10-22-14-25)16-6-4-3-5-7-16/h3-12,14,20H,2,13H2,1H3,(H,24,26). The predicted molar refractivity (Wildman–Crippen MR) is 102 cm³/mol. The summed E-state index contributed by atoms with van der Waals surface area (Å²) in [6.45, 7) is 1.94. The molecule has 2 heterocycles. The first-order chi connectivity index (χ1) is 12.7. The van der Waals surface area contributed by atoms with E-state index >= 15 is 0 Å². The van der Waals surface area contributed by atoms with Gasteiger partial charge in [-0.05, 0) is 36.1 Å². The quantitative estimate of drug-likeness (QED) is 0.602. The first kappa shape index (κ1) is 16.3. The van der Waals surface area contributed by atoms with Gasteiger partial charge in [0, 0.05) is 12.4 Å². The molecule has 0 aliphatic heterocycles. The van der Waals surface area contributed by atoms with Gasteiger partial charge in [0.2, 0.25) is 0 Å². The van der Waals surface area contributed by atoms with Gasteiger partial charge in [-0.25, -0.2) is 9.97 Å². The number of aryl methyl sites for hydroxylation is 1. The number of fused-ring (bicyclic) bond motifs is 1. The smallest absolute Gasteiger partial charge is 0.270 e. The third-order valence-electron chi connectivity index (χ3n) is 4.66. The minimum atomic E-state index is -0.105. The van der Waals surface area contributed by atoms with Crippen molar-refractivity contribution in [1.82, 2.24) is 19.5 Å². The van der Waals surface area contributed by atoms with E-state index in [0.29, 0.717) is 12.1 Å². The van der Waals surface area contributed by atoms with Crippen LogP contribution >= 0.6 is 0 Å². The number of hydrogen-bond acceptors (Lipinski definition) is 3. The summed E-state index contributed by atoms with van der Waals surface area (Å²) in [4.78, 5) is 23.7. The molecule has 1 unspecified atom stereocenters. The molecule has 0 saturated carbocycles. The van der Waals surface area contributed by atoms with Gasteiger partial charge >= 0.3 is 0 Å². The number of H-pyrrole nitrogens is 1. The van der Waals surface area contributed by atoms with Gasteiger partial charge in [-0.15, -0.1) is 0 Å². The van der Waals surface area contributed by atoms with Crippen molar-refractivity contribution < 1.29 is 0 Å². The van der Waals surface area contributed by atoms with E-state index in [1.54, 1.807) is 6.20 Å². The van der Waals surface area contributed by atoms with Crippen molar-refractivity contribution in [2.24, 2.45) is 0 Å². The molecule has 0 spiro atoms. The third-order valence-corrected chi connectivity index (χ3v) is 4.66. The summed E-state index contributed by atoms with van der Waals surface area (Å²) in [7, 11) is 0. The van der Waals surface area contributed by atoms with Crippen molar-refractivity contribution in [3.05, 3.63) is 94.4 Å². The van der Waals surface area contributed by atoms with Gasteiger partial charge in [0.25, 0.3) is 5.56 Å². The molecule has 1 N–H and O–H groups in total. The van der Waals surface area contributed by atoms with Gasteiger partial charge in [-0.2, -0.15) is 0 Å². The van der Waals surface area contributed by atoms with Crippen molar-refractivity contribution in [1.29, 1.82) is 0 Å². The summed E-state index contributed by atoms with van der Waals surface area (Å²) >= 11 is 0. The average Bonchev–Trinajstić information content (AvgIpc) is 3.20. The maximum Gasteiger partial charge on any atom is 0.270 e. The third kappa shape index (κ3) is 3.16. The number of nitrogens with zero attached hydrogens (tertiary/aromatic N) is 3. The zero-order valence-electron chi connectivity index (χ0n) is 14.6. The van der Waals surface area contributed by atoms with Gasteiger partial charge in [0.15, 0.2) is 0 Å². The van der Waals surface area contributed by atoms with Crippen LogP contribution in [0.15, 0.2) is 72.0 Å². The molecule has 0 saturated heterocycles. The monoisotopic (exact) mass is 344 g/mol. The SMILES string of the molecule is CCc1nc2ccc(CC(c3ccccc3)n3ccnc3)cc2[nH]c1=O. The van der Waals surface area contributed by atoms with Crippen LogP contribution < -0.4 is 5.56 Å². The highest BCUT2D eigenvalue weighted by atomic mass is 16.1. The Kier molecular flexibility index (Phi) is 4.35. The van der Waals surface area contributed by atoms with E-state index in [1.165, 1.54) is 5.56 Å². The largest absolute Gasteiger partial charge is 0.330 e. The number of hydrogen-bond donors (Lipinski definition) is 1. The summed E-state index contributed by atoms with van der Waals surface area (Å²) in [5.41, 5.74) is 4.43. The second kappa shape index (κ2) is 6.96. The Hall–Kier alpha value is -3.21. The van der Waals surface area contributed by atoms with E-state index in [9.17, 15) is 4.79 Å². The van der Waals surface area contributed by atoms with Crippen LogP contribution in [0.25, 0.3) is 11.0 Å². The minimum Gasteiger partial charge on any atom is -0.330 e. The number of aromatic amines is 1. The van der Waals surface area contributed by atoms with E-state index in [4.69, 9.17) is 0 Å². The summed E-state index contributed by atoms with van der Waals surface area (Å²) < 4.78 is 2.11. The van der Waals surface area contributed by atoms with E-state index in [1.807, 2.05) is 49.8 Å². The van der Waals surface area contributed by atoms with E-state index in [0.717, 1.165) is 23.0 Å². The van der Waals surface area contributed by atoms with E-state index in [2.05, 4.69) is 37.7 Å². The second-order valence-electron chi connectivity index (χ2n) is 6.36. The molecule has 0 fully saturated rings. The average molecular weight is 344 g/mol. The summed E-state index contributed by atoms with van der Waals surface area (Å²) in [5.74, 6) is 0. The lowest BCUT2D eigenvalue weighted by Crippen LogP contribution is -2.15. The number of benzene rings is 2. The Labute approximate surface area is 151 Å². The molecule has 0 radical (unpaired) electrons. The van der Waals surface area contributed by atoms with Crippen LogP contribution in [0.4, 0.5) is 0 Å². The van der Waals surface area contributed by atoms with Gasteiger partial charge in [0.05, 0.1) is 23.4 Å². The van der Waals surface area contributed by atoms with E-state index < -0.39 is 0 Å². The highest BCUT2D eigenvalue weighted by Gasteiger charge is 2.14. The molecule has 2 aromatic carbocycles. The number of rotatable bonds is 5. The first-order valence-corrected chi connectivity index (χ1v) is 8.79. The summed E-state index contributed by atoms with van der Waals surface area (Å²) in [6, 6.07) is 16.6. The number of imidazole rings is 1. The molecule has 130 valence electrons. The van der Waals surface area contributed by atoms with Gasteiger partial charge < -0.3 is 9.55 Å². The molecule has 26 heavy (non-hydrogen) atoms. The van der Waals surface area contributed by atoms with Crippen LogP contribution in [-0.2, 0) is 12.8 Å². The van der Waals surface area contributed by atoms with E-state index in [-0.39, 0.29) is 11.6 Å². The van der Waals surface area contributed by atoms with Crippen LogP contribution in [-0.4, -0.2) is 19.5 Å². The fourth-order valence-corrected chi connectivity index (χ4v) is 3.29. The maximum absolute atomic E-state index is 12.1. The van der Waals surface area contributed by atoms with Gasteiger partial charge in [0.1, 0.15) is 5.69 Å². The lowest BCUT2D eigenvalue weighted by atomic mass is 9.98. The highest BCUT2D eigenvalue weighted by molar-refractivity contribution is 5.74. The van der Waals surface area contributed by atoms with Crippen LogP contribution in [0.1, 0.15) is 29.8 Å². The summed E-state index contributed by atoms with van der Waals surface area (Å²) in [6.07, 6.45) is 7.05. The van der Waals surface area contributed by atoms with Crippen molar-refractivity contribution in [2.75, 3.05) is 0 Å². The van der Waals surface area contributed by atoms with Crippen LogP contribution in [0, 0.1) is 0 Å². The second-order valence-corrected chi connectivity index (χ2v) is 6.36. The number of nitrogens with one attached hydrogen (secondary N) is 1. The molecule has 4 aromatic rings. The minimum absolute atomic E-state index is 0.105. The van der Waals surface area contributed by atoms with Crippen molar-refractivity contribution in [3.63, 3.8) is 0 Å². The molecule has 1 atom stereocenters. The fourth-order valence-electron chi connectivity index (χ4n) is 3.29. The molecule has 2 aromatic heterocycles. The van der Waals surface area contributed by atoms with Crippen molar-refractivity contribution >= 4 is 11.0 Å². The molecule has 0 aliphatic rings. The lowest BCUT2D eigenvalue weighted by Gasteiger charge is -2.19. The Morgan fingerprint density at radius 3 is 2.73 bits per heavy atom. The molecule has 0 amide bonds. The zero-order valence-corrected chi connectivity index (χ0v) is 14.6.